The van der Waals surface area contributed by atoms with Gasteiger partial charge in [0.1, 0.15) is 11.7 Å². The second kappa shape index (κ2) is 8.07. The standard InChI is InChI=1S/C25H21BrN2O4/c1-15-8-11-17(12-9-15)27-24(29)21-22(19-14-16(26)10-13-20(19)31-2)28(32-23(21)25(27)30)18-6-4-3-5-7-18/h3-14,21-23H,1-2H3/t21-,22+,23+/m1/s1. The highest BCUT2D eigenvalue weighted by atomic mass is 79.9. The number of anilines is 2. The van der Waals surface area contributed by atoms with E-state index in [0.717, 1.165) is 21.3 Å². The molecular weight excluding hydrogens is 472 g/mol. The zero-order chi connectivity index (χ0) is 22.4. The van der Waals surface area contributed by atoms with Crippen LogP contribution in [0.25, 0.3) is 0 Å². The Morgan fingerprint density at radius 1 is 0.906 bits per heavy atom. The Labute approximate surface area is 194 Å². The largest absolute Gasteiger partial charge is 0.496 e. The fourth-order valence-electron chi connectivity index (χ4n) is 4.41. The number of imide groups is 1. The summed E-state index contributed by atoms with van der Waals surface area (Å²) in [5.41, 5.74) is 3.13. The Morgan fingerprint density at radius 2 is 1.62 bits per heavy atom. The summed E-state index contributed by atoms with van der Waals surface area (Å²) in [4.78, 5) is 34.5. The summed E-state index contributed by atoms with van der Waals surface area (Å²) in [6.07, 6.45) is -0.919. The predicted molar refractivity (Wildman–Crippen MR) is 124 cm³/mol. The first-order chi connectivity index (χ1) is 15.5. The van der Waals surface area contributed by atoms with Crippen molar-refractivity contribution in [1.29, 1.82) is 0 Å². The highest BCUT2D eigenvalue weighted by Crippen LogP contribution is 2.49. The molecule has 32 heavy (non-hydrogen) atoms. The van der Waals surface area contributed by atoms with Crippen molar-refractivity contribution in [2.45, 2.75) is 19.1 Å². The lowest BCUT2D eigenvalue weighted by Crippen LogP contribution is -2.37. The van der Waals surface area contributed by atoms with Crippen LogP contribution in [0.2, 0.25) is 0 Å². The van der Waals surface area contributed by atoms with E-state index in [9.17, 15) is 9.59 Å². The maximum atomic E-state index is 13.7. The van der Waals surface area contributed by atoms with E-state index in [4.69, 9.17) is 9.57 Å². The van der Waals surface area contributed by atoms with E-state index in [2.05, 4.69) is 15.9 Å². The summed E-state index contributed by atoms with van der Waals surface area (Å²) in [5, 5.41) is 1.67. The molecule has 5 rings (SSSR count). The fourth-order valence-corrected chi connectivity index (χ4v) is 4.79. The van der Waals surface area contributed by atoms with Gasteiger partial charge >= 0.3 is 0 Å². The minimum absolute atomic E-state index is 0.283. The number of nitrogens with zero attached hydrogens (tertiary/aromatic N) is 2. The van der Waals surface area contributed by atoms with Crippen molar-refractivity contribution in [3.8, 4) is 5.75 Å². The number of hydroxylamine groups is 1. The maximum Gasteiger partial charge on any atom is 0.266 e. The summed E-state index contributed by atoms with van der Waals surface area (Å²) in [5.74, 6) is -0.736. The Morgan fingerprint density at radius 3 is 2.31 bits per heavy atom. The molecule has 0 saturated carbocycles. The number of aryl methyl sites for hydroxylation is 1. The molecule has 0 radical (unpaired) electrons. The van der Waals surface area contributed by atoms with Crippen molar-refractivity contribution < 1.29 is 19.2 Å². The number of hydrogen-bond acceptors (Lipinski definition) is 5. The Hall–Kier alpha value is -3.16. The number of halogens is 1. The number of benzene rings is 3. The van der Waals surface area contributed by atoms with Crippen LogP contribution < -0.4 is 14.7 Å². The highest BCUT2D eigenvalue weighted by Gasteiger charge is 2.60. The maximum absolute atomic E-state index is 13.7. The normalized spacial score (nSPS) is 22.4. The lowest BCUT2D eigenvalue weighted by atomic mass is 9.90. The quantitative estimate of drug-likeness (QED) is 0.488. The second-order valence-corrected chi connectivity index (χ2v) is 8.81. The molecule has 3 atom stereocenters. The zero-order valence-corrected chi connectivity index (χ0v) is 19.2. The first kappa shape index (κ1) is 20.7. The third kappa shape index (κ3) is 3.29. The first-order valence-corrected chi connectivity index (χ1v) is 11.1. The molecule has 3 aromatic carbocycles. The van der Waals surface area contributed by atoms with Crippen molar-refractivity contribution in [1.82, 2.24) is 0 Å². The van der Waals surface area contributed by atoms with E-state index in [1.54, 1.807) is 24.3 Å². The van der Waals surface area contributed by atoms with Gasteiger partial charge in [-0.05, 0) is 49.4 Å². The number of carbonyl (C=O) groups is 2. The van der Waals surface area contributed by atoms with Crippen molar-refractivity contribution in [2.75, 3.05) is 17.1 Å². The molecule has 2 aliphatic heterocycles. The minimum Gasteiger partial charge on any atom is -0.496 e. The average molecular weight is 493 g/mol. The third-order valence-electron chi connectivity index (χ3n) is 5.93. The lowest BCUT2D eigenvalue weighted by molar-refractivity contribution is -0.126. The molecule has 162 valence electrons. The van der Waals surface area contributed by atoms with Crippen molar-refractivity contribution >= 4 is 39.1 Å². The first-order valence-electron chi connectivity index (χ1n) is 10.3. The van der Waals surface area contributed by atoms with E-state index in [0.29, 0.717) is 11.4 Å². The van der Waals surface area contributed by atoms with Crippen LogP contribution in [0.4, 0.5) is 11.4 Å². The van der Waals surface area contributed by atoms with Crippen LogP contribution in [-0.4, -0.2) is 25.0 Å². The van der Waals surface area contributed by atoms with Gasteiger partial charge in [-0.2, -0.15) is 0 Å². The van der Waals surface area contributed by atoms with E-state index in [1.165, 1.54) is 4.90 Å². The van der Waals surface area contributed by atoms with E-state index in [1.807, 2.05) is 67.6 Å². The van der Waals surface area contributed by atoms with Crippen molar-refractivity contribution in [3.05, 3.63) is 88.4 Å². The fraction of sp³-hybridized carbons (Fsp3) is 0.200. The molecule has 2 heterocycles. The number of methoxy groups -OCH3 is 1. The zero-order valence-electron chi connectivity index (χ0n) is 17.6. The Balaban J connectivity index is 1.63. The van der Waals surface area contributed by atoms with Gasteiger partial charge < -0.3 is 4.74 Å². The van der Waals surface area contributed by atoms with Gasteiger partial charge in [-0.25, -0.2) is 9.96 Å². The monoisotopic (exact) mass is 492 g/mol. The molecule has 0 unspecified atom stereocenters. The number of para-hydroxylation sites is 1. The molecule has 7 heteroatoms. The van der Waals surface area contributed by atoms with Crippen LogP contribution in [0, 0.1) is 12.8 Å². The van der Waals surface area contributed by atoms with Gasteiger partial charge in [-0.3, -0.25) is 14.4 Å². The molecule has 2 saturated heterocycles. The Kier molecular flexibility index (Phi) is 5.23. The summed E-state index contributed by atoms with van der Waals surface area (Å²) in [6.45, 7) is 1.96. The number of carbonyl (C=O) groups excluding carboxylic acids is 2. The highest BCUT2D eigenvalue weighted by molar-refractivity contribution is 9.10. The number of ether oxygens (including phenoxy) is 1. The number of hydrogen-bond donors (Lipinski definition) is 0. The molecule has 2 fully saturated rings. The Bertz CT molecular complexity index is 1180. The molecule has 0 aliphatic carbocycles. The number of rotatable bonds is 4. The second-order valence-electron chi connectivity index (χ2n) is 7.89. The smallest absolute Gasteiger partial charge is 0.266 e. The topological polar surface area (TPSA) is 59.1 Å². The SMILES string of the molecule is COc1ccc(Br)cc1[C@H]1[C@H]2C(=O)N(c3ccc(C)cc3)C(=O)[C@H]2ON1c1ccccc1. The minimum atomic E-state index is -0.919. The van der Waals surface area contributed by atoms with Crippen LogP contribution >= 0.6 is 15.9 Å². The van der Waals surface area contributed by atoms with Gasteiger partial charge in [-0.15, -0.1) is 0 Å². The van der Waals surface area contributed by atoms with Crippen molar-refractivity contribution in [3.63, 3.8) is 0 Å². The summed E-state index contributed by atoms with van der Waals surface area (Å²) < 4.78 is 6.46. The molecule has 0 bridgehead atoms. The molecule has 0 spiro atoms. The average Bonchev–Trinajstić information content (AvgIpc) is 3.31. The van der Waals surface area contributed by atoms with Crippen molar-refractivity contribution in [2.24, 2.45) is 5.92 Å². The third-order valence-corrected chi connectivity index (χ3v) is 6.42. The van der Waals surface area contributed by atoms with E-state index >= 15 is 0 Å². The van der Waals surface area contributed by atoms with Crippen LogP contribution in [0.15, 0.2) is 77.3 Å². The van der Waals surface area contributed by atoms with E-state index in [-0.39, 0.29) is 11.8 Å². The summed E-state index contributed by atoms with van der Waals surface area (Å²) in [6, 6.07) is 21.9. The lowest BCUT2D eigenvalue weighted by Gasteiger charge is -2.29. The predicted octanol–water partition coefficient (Wildman–Crippen LogP) is 4.82. The molecule has 6 nitrogen and oxygen atoms in total. The van der Waals surface area contributed by atoms with Crippen LogP contribution in [-0.2, 0) is 14.4 Å². The van der Waals surface area contributed by atoms with E-state index < -0.39 is 18.1 Å². The number of amides is 2. The van der Waals surface area contributed by atoms with Crippen LogP contribution in [0.5, 0.6) is 5.75 Å². The molecule has 0 N–H and O–H groups in total. The summed E-state index contributed by atoms with van der Waals surface area (Å²) in [7, 11) is 1.59. The van der Waals surface area contributed by atoms with Gasteiger partial charge in [-0.1, -0.05) is 51.8 Å². The molecule has 2 aliphatic rings. The molecular formula is C25H21BrN2O4. The van der Waals surface area contributed by atoms with Gasteiger partial charge in [0.2, 0.25) is 5.91 Å². The van der Waals surface area contributed by atoms with Crippen LogP contribution in [0.3, 0.4) is 0 Å². The molecule has 3 aromatic rings. The summed E-state index contributed by atoms with van der Waals surface area (Å²) >= 11 is 3.53. The van der Waals surface area contributed by atoms with Crippen LogP contribution in [0.1, 0.15) is 17.2 Å². The molecule has 0 aromatic heterocycles. The van der Waals surface area contributed by atoms with Gasteiger partial charge in [0.05, 0.1) is 24.5 Å². The number of fused-ring (bicyclic) bond motifs is 1. The van der Waals surface area contributed by atoms with Gasteiger partial charge in [0.25, 0.3) is 5.91 Å². The van der Waals surface area contributed by atoms with Gasteiger partial charge in [0.15, 0.2) is 6.10 Å². The molecule has 2 amide bonds. The van der Waals surface area contributed by atoms with Gasteiger partial charge in [0, 0.05) is 10.0 Å².